The van der Waals surface area contributed by atoms with Crippen LogP contribution in [0.5, 0.6) is 0 Å². The smallest absolute Gasteiger partial charge is 0.305 e. The molecular weight excluding hydrogens is 610 g/mol. The first-order valence-corrected chi connectivity index (χ1v) is 21.5. The van der Waals surface area contributed by atoms with Crippen molar-refractivity contribution in [3.8, 4) is 0 Å². The van der Waals surface area contributed by atoms with Gasteiger partial charge in [-0.25, -0.2) is 0 Å². The van der Waals surface area contributed by atoms with Crippen molar-refractivity contribution in [1.82, 2.24) is 5.32 Å². The molecule has 0 saturated heterocycles. The highest BCUT2D eigenvalue weighted by Crippen LogP contribution is 2.14. The third-order valence-electron chi connectivity index (χ3n) is 9.81. The maximum absolute atomic E-state index is 12.3. The predicted molar refractivity (Wildman–Crippen MR) is 209 cm³/mol. The molecule has 0 aliphatic carbocycles. The molecule has 6 nitrogen and oxygen atoms in total. The number of nitrogens with one attached hydrogen (secondary N) is 1. The molecule has 0 bridgehead atoms. The molecule has 0 spiro atoms. The third kappa shape index (κ3) is 36.2. The van der Waals surface area contributed by atoms with Crippen LogP contribution in [0, 0.1) is 0 Å². The Morgan fingerprint density at radius 2 is 0.939 bits per heavy atom. The number of rotatable bonds is 39. The lowest BCUT2D eigenvalue weighted by Gasteiger charge is -2.20. The summed E-state index contributed by atoms with van der Waals surface area (Å²) in [6.45, 7) is 4.81. The molecule has 290 valence electrons. The topological polar surface area (TPSA) is 95.9 Å². The lowest BCUT2D eigenvalue weighted by molar-refractivity contribution is -0.143. The van der Waals surface area contributed by atoms with Gasteiger partial charge in [-0.2, -0.15) is 0 Å². The minimum absolute atomic E-state index is 0.0284. The van der Waals surface area contributed by atoms with E-state index < -0.39 is 12.1 Å². The zero-order valence-electron chi connectivity index (χ0n) is 32.7. The number of allylic oxidation sites excluding steroid dienone is 1. The van der Waals surface area contributed by atoms with E-state index in [-0.39, 0.29) is 18.5 Å². The van der Waals surface area contributed by atoms with Gasteiger partial charge in [-0.1, -0.05) is 193 Å². The van der Waals surface area contributed by atoms with Crippen LogP contribution in [0.4, 0.5) is 0 Å². The largest absolute Gasteiger partial charge is 0.466 e. The number of unbranched alkanes of at least 4 members (excludes halogenated alkanes) is 28. The van der Waals surface area contributed by atoms with Crippen molar-refractivity contribution in [2.75, 3.05) is 13.2 Å². The highest BCUT2D eigenvalue weighted by atomic mass is 16.5. The van der Waals surface area contributed by atoms with Crippen molar-refractivity contribution in [1.29, 1.82) is 0 Å². The summed E-state index contributed by atoms with van der Waals surface area (Å²) in [6.07, 6.45) is 41.9. The van der Waals surface area contributed by atoms with Crippen LogP contribution in [-0.2, 0) is 14.3 Å². The van der Waals surface area contributed by atoms with Gasteiger partial charge >= 0.3 is 5.97 Å². The lowest BCUT2D eigenvalue weighted by atomic mass is 10.0. The molecule has 0 radical (unpaired) electrons. The number of aliphatic hydroxyl groups is 2. The van der Waals surface area contributed by atoms with Gasteiger partial charge in [0.1, 0.15) is 0 Å². The van der Waals surface area contributed by atoms with Crippen LogP contribution in [0.25, 0.3) is 0 Å². The summed E-state index contributed by atoms with van der Waals surface area (Å²) in [6, 6.07) is -0.644. The molecule has 0 saturated carbocycles. The molecule has 0 aliphatic rings. The highest BCUT2D eigenvalue weighted by Gasteiger charge is 2.18. The Morgan fingerprint density at radius 1 is 0.551 bits per heavy atom. The maximum atomic E-state index is 12.3. The summed E-state index contributed by atoms with van der Waals surface area (Å²) in [4.78, 5) is 24.3. The Bertz CT molecular complexity index is 727. The summed E-state index contributed by atoms with van der Waals surface area (Å²) < 4.78 is 5.42. The van der Waals surface area contributed by atoms with Crippen LogP contribution in [-0.4, -0.2) is 47.4 Å². The summed E-state index contributed by atoms with van der Waals surface area (Å²) in [5.74, 6) is -0.125. The van der Waals surface area contributed by atoms with Gasteiger partial charge in [-0.05, 0) is 32.1 Å². The fraction of sp³-hybridized carbons (Fsp3) is 0.907. The van der Waals surface area contributed by atoms with Crippen LogP contribution in [0.1, 0.15) is 226 Å². The number of carbonyl (C=O) groups excluding carboxylic acids is 2. The Kier molecular flexibility index (Phi) is 38.3. The van der Waals surface area contributed by atoms with E-state index in [0.717, 1.165) is 57.8 Å². The van der Waals surface area contributed by atoms with E-state index in [9.17, 15) is 19.8 Å². The first-order valence-electron chi connectivity index (χ1n) is 21.5. The Labute approximate surface area is 304 Å². The maximum Gasteiger partial charge on any atom is 0.305 e. The van der Waals surface area contributed by atoms with Gasteiger partial charge in [-0.15, -0.1) is 0 Å². The molecule has 2 atom stereocenters. The number of hydrogen-bond donors (Lipinski definition) is 3. The second kappa shape index (κ2) is 39.4. The molecule has 2 unspecified atom stereocenters. The van der Waals surface area contributed by atoms with Gasteiger partial charge in [0.25, 0.3) is 0 Å². The van der Waals surface area contributed by atoms with E-state index in [1.807, 2.05) is 6.08 Å². The Balaban J connectivity index is 3.55. The van der Waals surface area contributed by atoms with Gasteiger partial charge in [-0.3, -0.25) is 9.59 Å². The molecule has 0 aliphatic heterocycles. The van der Waals surface area contributed by atoms with Crippen LogP contribution < -0.4 is 5.32 Å². The van der Waals surface area contributed by atoms with Crippen LogP contribution in [0.3, 0.4) is 0 Å². The van der Waals surface area contributed by atoms with Crippen molar-refractivity contribution in [3.63, 3.8) is 0 Å². The lowest BCUT2D eigenvalue weighted by Crippen LogP contribution is -2.45. The number of carbonyl (C=O) groups is 2. The third-order valence-corrected chi connectivity index (χ3v) is 9.81. The van der Waals surface area contributed by atoms with E-state index in [1.54, 1.807) is 6.08 Å². The van der Waals surface area contributed by atoms with Crippen molar-refractivity contribution in [3.05, 3.63) is 12.2 Å². The quantitative estimate of drug-likeness (QED) is 0.0338. The standard InChI is InChI=1S/C43H83NO5/c1-3-5-7-9-11-13-15-17-19-23-27-31-35-41(46)40(39-45)44-42(47)36-32-28-24-20-18-22-26-30-34-38-49-43(48)37-33-29-25-21-16-14-12-10-8-6-4-2/h31,35,40-41,45-46H,3-30,32-34,36-39H2,1-2H3,(H,44,47)/b35-31+. The van der Waals surface area contributed by atoms with Gasteiger partial charge in [0.2, 0.25) is 5.91 Å². The number of esters is 1. The van der Waals surface area contributed by atoms with E-state index in [2.05, 4.69) is 19.2 Å². The molecule has 0 aromatic carbocycles. The molecule has 1 amide bonds. The molecular formula is C43H83NO5. The fourth-order valence-electron chi connectivity index (χ4n) is 6.45. The van der Waals surface area contributed by atoms with E-state index >= 15 is 0 Å². The molecule has 0 aromatic heterocycles. The molecule has 0 heterocycles. The Morgan fingerprint density at radius 3 is 1.39 bits per heavy atom. The van der Waals surface area contributed by atoms with Crippen molar-refractivity contribution in [2.45, 2.75) is 238 Å². The van der Waals surface area contributed by atoms with Crippen molar-refractivity contribution < 1.29 is 24.5 Å². The summed E-state index contributed by atoms with van der Waals surface area (Å²) in [7, 11) is 0. The number of ether oxygens (including phenoxy) is 1. The molecule has 49 heavy (non-hydrogen) atoms. The molecule has 3 N–H and O–H groups in total. The average molecular weight is 694 g/mol. The summed E-state index contributed by atoms with van der Waals surface area (Å²) >= 11 is 0. The fourth-order valence-corrected chi connectivity index (χ4v) is 6.45. The second-order valence-corrected chi connectivity index (χ2v) is 14.7. The first-order chi connectivity index (χ1) is 24.0. The second-order valence-electron chi connectivity index (χ2n) is 14.7. The average Bonchev–Trinajstić information content (AvgIpc) is 3.10. The monoisotopic (exact) mass is 694 g/mol. The Hall–Kier alpha value is -1.40. The molecule has 0 aromatic rings. The highest BCUT2D eigenvalue weighted by molar-refractivity contribution is 5.76. The van der Waals surface area contributed by atoms with E-state index in [4.69, 9.17) is 4.74 Å². The summed E-state index contributed by atoms with van der Waals surface area (Å²) in [5, 5.41) is 22.9. The van der Waals surface area contributed by atoms with Crippen LogP contribution in [0.2, 0.25) is 0 Å². The zero-order valence-corrected chi connectivity index (χ0v) is 32.7. The van der Waals surface area contributed by atoms with Crippen LogP contribution in [0.15, 0.2) is 12.2 Å². The molecule has 0 rings (SSSR count). The van der Waals surface area contributed by atoms with Gasteiger partial charge < -0.3 is 20.3 Å². The first kappa shape index (κ1) is 47.6. The van der Waals surface area contributed by atoms with E-state index in [0.29, 0.717) is 19.4 Å². The molecule has 6 heteroatoms. The molecule has 0 fully saturated rings. The number of hydrogen-bond acceptors (Lipinski definition) is 5. The summed E-state index contributed by atoms with van der Waals surface area (Å²) in [5.41, 5.74) is 0. The van der Waals surface area contributed by atoms with E-state index in [1.165, 1.54) is 141 Å². The van der Waals surface area contributed by atoms with Crippen molar-refractivity contribution in [2.24, 2.45) is 0 Å². The van der Waals surface area contributed by atoms with Crippen LogP contribution >= 0.6 is 0 Å². The minimum atomic E-state index is -0.858. The minimum Gasteiger partial charge on any atom is -0.466 e. The van der Waals surface area contributed by atoms with Gasteiger partial charge in [0.05, 0.1) is 25.4 Å². The predicted octanol–water partition coefficient (Wildman–Crippen LogP) is 11.8. The number of amides is 1. The zero-order chi connectivity index (χ0) is 35.9. The number of aliphatic hydroxyl groups excluding tert-OH is 2. The SMILES string of the molecule is CCCCCCCCCCCC/C=C/C(O)C(CO)NC(=O)CCCCCCCCCCCOC(=O)CCCCCCCCCCCCC. The van der Waals surface area contributed by atoms with Gasteiger partial charge in [0.15, 0.2) is 0 Å². The normalized spacial score (nSPS) is 12.8. The van der Waals surface area contributed by atoms with Crippen molar-refractivity contribution >= 4 is 11.9 Å². The van der Waals surface area contributed by atoms with Gasteiger partial charge in [0, 0.05) is 12.8 Å².